The Morgan fingerprint density at radius 3 is 2.65 bits per heavy atom. The van der Waals surface area contributed by atoms with Gasteiger partial charge in [-0.15, -0.1) is 0 Å². The van der Waals surface area contributed by atoms with Crippen LogP contribution in [0.4, 0.5) is 4.79 Å². The van der Waals surface area contributed by atoms with Crippen LogP contribution in [0, 0.1) is 13.8 Å². The summed E-state index contributed by atoms with van der Waals surface area (Å²) in [6, 6.07) is 3.67. The Balaban J connectivity index is 1.49. The van der Waals surface area contributed by atoms with E-state index in [2.05, 4.69) is 10.1 Å². The number of likely N-dealkylation sites (tertiary alicyclic amines) is 1. The first-order chi connectivity index (χ1) is 12.4. The van der Waals surface area contributed by atoms with Crippen molar-refractivity contribution in [2.45, 2.75) is 39.2 Å². The normalized spacial score (nSPS) is 19.4. The van der Waals surface area contributed by atoms with Crippen LogP contribution in [-0.2, 0) is 4.74 Å². The van der Waals surface area contributed by atoms with E-state index in [-0.39, 0.29) is 12.0 Å². The minimum atomic E-state index is -0.446. The molecule has 2 amide bonds. The zero-order valence-corrected chi connectivity index (χ0v) is 15.4. The largest absolute Gasteiger partial charge is 0.441 e. The molecule has 2 aliphatic rings. The molecule has 0 aliphatic carbocycles. The second-order valence-electron chi connectivity index (χ2n) is 7.20. The van der Waals surface area contributed by atoms with Crippen molar-refractivity contribution in [3.05, 3.63) is 29.2 Å². The molecular weight excluding hydrogens is 334 g/mol. The lowest BCUT2D eigenvalue weighted by molar-refractivity contribution is 0.00296. The number of carbonyl (C=O) groups excluding carboxylic acids is 2. The van der Waals surface area contributed by atoms with Gasteiger partial charge >= 0.3 is 6.09 Å². The molecule has 138 valence electrons. The van der Waals surface area contributed by atoms with Gasteiger partial charge in [0.2, 0.25) is 0 Å². The van der Waals surface area contributed by atoms with Gasteiger partial charge in [-0.2, -0.15) is 5.10 Å². The van der Waals surface area contributed by atoms with Gasteiger partial charge in [-0.1, -0.05) is 0 Å². The number of likely N-dealkylation sites (N-methyl/N-ethyl adjacent to an activating group) is 1. The quantitative estimate of drug-likeness (QED) is 0.819. The number of piperidine rings is 1. The third-order valence-corrected chi connectivity index (χ3v) is 5.34. The lowest BCUT2D eigenvalue weighted by atomic mass is 9.91. The van der Waals surface area contributed by atoms with Crippen molar-refractivity contribution in [3.63, 3.8) is 0 Å². The van der Waals surface area contributed by atoms with Crippen molar-refractivity contribution in [3.8, 4) is 0 Å². The summed E-state index contributed by atoms with van der Waals surface area (Å²) in [7, 11) is 0. The van der Waals surface area contributed by atoms with Crippen LogP contribution in [-0.4, -0.2) is 68.2 Å². The summed E-state index contributed by atoms with van der Waals surface area (Å²) >= 11 is 0. The van der Waals surface area contributed by atoms with Crippen LogP contribution in [0.15, 0.2) is 12.1 Å². The third kappa shape index (κ3) is 2.69. The predicted octanol–water partition coefficient (Wildman–Crippen LogP) is 1.79. The van der Waals surface area contributed by atoms with Crippen molar-refractivity contribution >= 4 is 17.6 Å². The van der Waals surface area contributed by atoms with Crippen molar-refractivity contribution in [2.24, 2.45) is 0 Å². The molecule has 1 spiro atoms. The Morgan fingerprint density at radius 1 is 1.27 bits per heavy atom. The highest BCUT2D eigenvalue weighted by molar-refractivity contribution is 5.93. The van der Waals surface area contributed by atoms with Gasteiger partial charge in [-0.25, -0.2) is 14.3 Å². The molecular formula is C18H23N5O3. The van der Waals surface area contributed by atoms with E-state index in [1.165, 1.54) is 0 Å². The van der Waals surface area contributed by atoms with Crippen LogP contribution in [0.25, 0.3) is 5.65 Å². The highest BCUT2D eigenvalue weighted by atomic mass is 16.6. The second kappa shape index (κ2) is 5.96. The lowest BCUT2D eigenvalue weighted by Crippen LogP contribution is -2.48. The fraction of sp³-hybridized carbons (Fsp3) is 0.556. The van der Waals surface area contributed by atoms with Gasteiger partial charge in [0.05, 0.1) is 6.54 Å². The van der Waals surface area contributed by atoms with Gasteiger partial charge in [-0.05, 0) is 26.8 Å². The Morgan fingerprint density at radius 2 is 2.00 bits per heavy atom. The Labute approximate surface area is 151 Å². The number of carbonyl (C=O) groups is 2. The molecule has 2 saturated heterocycles. The van der Waals surface area contributed by atoms with Gasteiger partial charge in [0, 0.05) is 49.9 Å². The monoisotopic (exact) mass is 357 g/mol. The highest BCUT2D eigenvalue weighted by Gasteiger charge is 2.47. The molecule has 0 N–H and O–H groups in total. The van der Waals surface area contributed by atoms with E-state index < -0.39 is 5.60 Å². The van der Waals surface area contributed by atoms with Crippen LogP contribution in [0.2, 0.25) is 0 Å². The molecule has 0 saturated carbocycles. The summed E-state index contributed by atoms with van der Waals surface area (Å²) in [5.74, 6) is -0.0981. The average molecular weight is 357 g/mol. The molecule has 8 nitrogen and oxygen atoms in total. The molecule has 4 heterocycles. The van der Waals surface area contributed by atoms with Crippen LogP contribution >= 0.6 is 0 Å². The number of fused-ring (bicyclic) bond motifs is 1. The molecule has 0 aromatic carbocycles. The maximum atomic E-state index is 12.9. The SMILES string of the molecule is CCN1CC2(CCN(C(=O)c3cc4nc(C)cc(C)n4n3)CC2)OC1=O. The number of aryl methyl sites for hydroxylation is 2. The van der Waals surface area contributed by atoms with Gasteiger partial charge < -0.3 is 14.5 Å². The molecule has 0 radical (unpaired) electrons. The molecule has 2 aromatic heterocycles. The van der Waals surface area contributed by atoms with Gasteiger partial charge in [0.25, 0.3) is 5.91 Å². The average Bonchev–Trinajstić information content (AvgIpc) is 3.16. The van der Waals surface area contributed by atoms with E-state index in [1.54, 1.807) is 20.4 Å². The first kappa shape index (κ1) is 16.8. The smallest absolute Gasteiger partial charge is 0.410 e. The molecule has 2 aromatic rings. The zero-order chi connectivity index (χ0) is 18.5. The number of nitrogens with zero attached hydrogens (tertiary/aromatic N) is 5. The van der Waals surface area contributed by atoms with Crippen LogP contribution < -0.4 is 0 Å². The molecule has 0 atom stereocenters. The summed E-state index contributed by atoms with van der Waals surface area (Å²) in [5.41, 5.74) is 2.49. The first-order valence-corrected chi connectivity index (χ1v) is 9.02. The minimum Gasteiger partial charge on any atom is -0.441 e. The Hall–Kier alpha value is -2.64. The van der Waals surface area contributed by atoms with Crippen LogP contribution in [0.3, 0.4) is 0 Å². The van der Waals surface area contributed by atoms with Crippen molar-refractivity contribution in [1.29, 1.82) is 0 Å². The fourth-order valence-electron chi connectivity index (χ4n) is 3.87. The molecule has 2 fully saturated rings. The van der Waals surface area contributed by atoms with Crippen molar-refractivity contribution in [2.75, 3.05) is 26.2 Å². The van der Waals surface area contributed by atoms with Crippen LogP contribution in [0.1, 0.15) is 41.6 Å². The van der Waals surface area contributed by atoms with Gasteiger partial charge in [0.15, 0.2) is 11.3 Å². The highest BCUT2D eigenvalue weighted by Crippen LogP contribution is 2.33. The minimum absolute atomic E-state index is 0.0981. The fourth-order valence-corrected chi connectivity index (χ4v) is 3.87. The number of amides is 2. The molecule has 0 bridgehead atoms. The summed E-state index contributed by atoms with van der Waals surface area (Å²) in [6.45, 7) is 8.19. The molecule has 0 unspecified atom stereocenters. The standard InChI is InChI=1S/C18H23N5O3/c1-4-21-11-18(26-17(21)25)5-7-22(8-6-18)16(24)14-10-15-19-12(2)9-13(3)23(15)20-14/h9-10H,4-8,11H2,1-3H3. The molecule has 2 aliphatic heterocycles. The summed E-state index contributed by atoms with van der Waals surface area (Å²) in [6.07, 6.45) is 1.07. The second-order valence-corrected chi connectivity index (χ2v) is 7.20. The Bertz CT molecular complexity index is 882. The van der Waals surface area contributed by atoms with Gasteiger partial charge in [0.1, 0.15) is 5.60 Å². The molecule has 8 heteroatoms. The van der Waals surface area contributed by atoms with E-state index >= 15 is 0 Å². The summed E-state index contributed by atoms with van der Waals surface area (Å²) in [4.78, 5) is 32.7. The number of rotatable bonds is 2. The topological polar surface area (TPSA) is 80.0 Å². The maximum absolute atomic E-state index is 12.9. The van der Waals surface area contributed by atoms with Crippen LogP contribution in [0.5, 0.6) is 0 Å². The third-order valence-electron chi connectivity index (χ3n) is 5.34. The number of aromatic nitrogens is 3. The molecule has 26 heavy (non-hydrogen) atoms. The predicted molar refractivity (Wildman–Crippen MR) is 94.1 cm³/mol. The van der Waals surface area contributed by atoms with E-state index in [0.717, 1.165) is 11.4 Å². The van der Waals surface area contributed by atoms with Crippen molar-refractivity contribution < 1.29 is 14.3 Å². The maximum Gasteiger partial charge on any atom is 0.410 e. The first-order valence-electron chi connectivity index (χ1n) is 9.02. The number of hydrogen-bond donors (Lipinski definition) is 0. The number of ether oxygens (including phenoxy) is 1. The van der Waals surface area contributed by atoms with E-state index in [9.17, 15) is 9.59 Å². The molecule has 4 rings (SSSR count). The summed E-state index contributed by atoms with van der Waals surface area (Å²) in [5, 5.41) is 4.42. The number of hydrogen-bond acceptors (Lipinski definition) is 5. The lowest BCUT2D eigenvalue weighted by Gasteiger charge is -2.37. The van der Waals surface area contributed by atoms with E-state index in [4.69, 9.17) is 4.74 Å². The van der Waals surface area contributed by atoms with E-state index in [0.29, 0.717) is 50.4 Å². The van der Waals surface area contributed by atoms with Crippen molar-refractivity contribution in [1.82, 2.24) is 24.4 Å². The Kier molecular flexibility index (Phi) is 3.86. The van der Waals surface area contributed by atoms with E-state index in [1.807, 2.05) is 26.8 Å². The summed E-state index contributed by atoms with van der Waals surface area (Å²) < 4.78 is 7.32. The zero-order valence-electron chi connectivity index (χ0n) is 15.4. The van der Waals surface area contributed by atoms with Gasteiger partial charge in [-0.3, -0.25) is 4.79 Å².